The van der Waals surface area contributed by atoms with Gasteiger partial charge >= 0.3 is 0 Å². The molecule has 1 saturated heterocycles. The van der Waals surface area contributed by atoms with Crippen LogP contribution in [-0.4, -0.2) is 24.1 Å². The Labute approximate surface area is 172 Å². The number of fused-ring (bicyclic) bond motifs is 3. The second kappa shape index (κ2) is 7.07. The Hall–Kier alpha value is -2.64. The van der Waals surface area contributed by atoms with Crippen LogP contribution < -0.4 is 14.8 Å². The Morgan fingerprint density at radius 2 is 1.89 bits per heavy atom. The molecule has 1 atom stereocenters. The molecule has 0 radical (unpaired) electrons. The molecular formula is C20H17ClN2O4S. The summed E-state index contributed by atoms with van der Waals surface area (Å²) in [4.78, 5) is 11.7. The summed E-state index contributed by atoms with van der Waals surface area (Å²) in [5, 5.41) is 14.9. The van der Waals surface area contributed by atoms with Gasteiger partial charge in [-0.1, -0.05) is 29.9 Å². The number of ether oxygens (including phenoxy) is 2. The van der Waals surface area contributed by atoms with Crippen molar-refractivity contribution in [2.75, 3.05) is 14.2 Å². The average Bonchev–Trinajstić information content (AvgIpc) is 2.99. The monoisotopic (exact) mass is 416 g/mol. The number of piperidine rings is 1. The van der Waals surface area contributed by atoms with Gasteiger partial charge in [0.1, 0.15) is 5.02 Å². The van der Waals surface area contributed by atoms with Crippen molar-refractivity contribution in [2.45, 2.75) is 18.9 Å². The predicted molar refractivity (Wildman–Crippen MR) is 111 cm³/mol. The molecule has 0 amide bonds. The molecule has 2 aromatic carbocycles. The van der Waals surface area contributed by atoms with Crippen molar-refractivity contribution in [3.63, 3.8) is 0 Å². The van der Waals surface area contributed by atoms with Crippen LogP contribution in [0.15, 0.2) is 35.9 Å². The third-order valence-corrected chi connectivity index (χ3v) is 5.81. The van der Waals surface area contributed by atoms with Gasteiger partial charge in [0.25, 0.3) is 5.69 Å². The predicted octanol–water partition coefficient (Wildman–Crippen LogP) is 4.83. The first-order valence-corrected chi connectivity index (χ1v) is 9.46. The van der Waals surface area contributed by atoms with E-state index in [1.807, 2.05) is 18.2 Å². The van der Waals surface area contributed by atoms with Gasteiger partial charge in [0.2, 0.25) is 0 Å². The number of nitro benzene ring substituents is 1. The lowest BCUT2D eigenvalue weighted by Crippen LogP contribution is -2.31. The normalized spacial score (nSPS) is 17.7. The fourth-order valence-electron chi connectivity index (χ4n) is 3.92. The summed E-state index contributed by atoms with van der Waals surface area (Å²) in [5.74, 6) is 1.23. The van der Waals surface area contributed by atoms with E-state index in [0.29, 0.717) is 11.5 Å². The maximum atomic E-state index is 11.4. The Kier molecular flexibility index (Phi) is 4.72. The van der Waals surface area contributed by atoms with Crippen molar-refractivity contribution in [2.24, 2.45) is 0 Å². The minimum atomic E-state index is -0.465. The zero-order valence-corrected chi connectivity index (χ0v) is 16.8. The molecule has 1 heterocycles. The number of nitrogens with zero attached hydrogens (tertiary/aromatic N) is 1. The lowest BCUT2D eigenvalue weighted by molar-refractivity contribution is -0.384. The number of halogens is 1. The van der Waals surface area contributed by atoms with Crippen LogP contribution in [0.2, 0.25) is 5.02 Å². The highest BCUT2D eigenvalue weighted by molar-refractivity contribution is 7.80. The first kappa shape index (κ1) is 18.7. The molecule has 1 aliphatic carbocycles. The molecule has 8 heteroatoms. The number of thiocarbonyl (C=S) groups is 1. The van der Waals surface area contributed by atoms with Crippen molar-refractivity contribution in [3.05, 3.63) is 67.7 Å². The third kappa shape index (κ3) is 2.91. The highest BCUT2D eigenvalue weighted by Gasteiger charge is 2.36. The van der Waals surface area contributed by atoms with Gasteiger partial charge in [0.05, 0.1) is 30.2 Å². The second-order valence-electron chi connectivity index (χ2n) is 6.62. The number of nitro groups is 1. The van der Waals surface area contributed by atoms with Crippen molar-refractivity contribution in [1.29, 1.82) is 0 Å². The molecule has 2 aliphatic rings. The topological polar surface area (TPSA) is 73.6 Å². The van der Waals surface area contributed by atoms with Gasteiger partial charge in [-0.05, 0) is 52.5 Å². The smallest absolute Gasteiger partial charge is 0.288 e. The molecule has 1 unspecified atom stereocenters. The van der Waals surface area contributed by atoms with Gasteiger partial charge in [-0.3, -0.25) is 10.1 Å². The molecule has 0 aromatic heterocycles. The lowest BCUT2D eigenvalue weighted by Gasteiger charge is -2.26. The van der Waals surface area contributed by atoms with Crippen LogP contribution in [0.4, 0.5) is 5.69 Å². The maximum Gasteiger partial charge on any atom is 0.288 e. The summed E-state index contributed by atoms with van der Waals surface area (Å²) >= 11 is 11.4. The van der Waals surface area contributed by atoms with E-state index in [0.717, 1.165) is 45.7 Å². The summed E-state index contributed by atoms with van der Waals surface area (Å²) in [6, 6.07) is 8.68. The molecule has 1 fully saturated rings. The molecule has 1 aliphatic heterocycles. The zero-order valence-electron chi connectivity index (χ0n) is 15.2. The first-order chi connectivity index (χ1) is 13.4. The minimum absolute atomic E-state index is 0.0826. The van der Waals surface area contributed by atoms with Crippen LogP contribution in [0.1, 0.15) is 35.6 Å². The van der Waals surface area contributed by atoms with Gasteiger partial charge in [0.15, 0.2) is 11.5 Å². The van der Waals surface area contributed by atoms with Crippen molar-refractivity contribution < 1.29 is 14.4 Å². The standard InChI is InChI=1S/C20H17ClN2O4S/c1-26-16-8-12-13(9-17(16)27-2)20-11(4-6-18(28)22-20)19(12)10-3-5-14(21)15(7-10)23(24)25/h3,5,7-9,20H,4,6H2,1-2H3,(H,22,28). The molecular weight excluding hydrogens is 400 g/mol. The number of benzene rings is 2. The summed E-state index contributed by atoms with van der Waals surface area (Å²) in [6.07, 6.45) is 1.52. The number of hydrogen-bond donors (Lipinski definition) is 1. The van der Waals surface area contributed by atoms with Crippen LogP contribution in [0, 0.1) is 10.1 Å². The van der Waals surface area contributed by atoms with Crippen LogP contribution in [0.3, 0.4) is 0 Å². The summed E-state index contributed by atoms with van der Waals surface area (Å²) in [6.45, 7) is 0. The van der Waals surface area contributed by atoms with Gasteiger partial charge in [-0.25, -0.2) is 0 Å². The largest absolute Gasteiger partial charge is 0.493 e. The van der Waals surface area contributed by atoms with E-state index in [-0.39, 0.29) is 16.8 Å². The van der Waals surface area contributed by atoms with E-state index < -0.39 is 4.92 Å². The summed E-state index contributed by atoms with van der Waals surface area (Å²) in [5.41, 5.74) is 4.70. The highest BCUT2D eigenvalue weighted by atomic mass is 35.5. The van der Waals surface area contributed by atoms with E-state index in [9.17, 15) is 10.1 Å². The summed E-state index contributed by atoms with van der Waals surface area (Å²) in [7, 11) is 3.18. The number of hydrogen-bond acceptors (Lipinski definition) is 5. The lowest BCUT2D eigenvalue weighted by atomic mass is 9.93. The molecule has 2 aromatic rings. The molecule has 0 bridgehead atoms. The van der Waals surface area contributed by atoms with Crippen LogP contribution in [-0.2, 0) is 0 Å². The molecule has 28 heavy (non-hydrogen) atoms. The van der Waals surface area contributed by atoms with Gasteiger partial charge < -0.3 is 14.8 Å². The average molecular weight is 417 g/mol. The van der Waals surface area contributed by atoms with E-state index in [4.69, 9.17) is 33.3 Å². The molecule has 1 N–H and O–H groups in total. The van der Waals surface area contributed by atoms with Crippen LogP contribution in [0.25, 0.3) is 5.57 Å². The van der Waals surface area contributed by atoms with E-state index >= 15 is 0 Å². The first-order valence-electron chi connectivity index (χ1n) is 8.67. The number of nitrogens with one attached hydrogen (secondary N) is 1. The third-order valence-electron chi connectivity index (χ3n) is 5.16. The second-order valence-corrected chi connectivity index (χ2v) is 7.52. The Morgan fingerprint density at radius 1 is 1.18 bits per heavy atom. The van der Waals surface area contributed by atoms with Crippen molar-refractivity contribution in [3.8, 4) is 11.5 Å². The SMILES string of the molecule is COc1cc2c(cc1OC)C1NC(=S)CCC1=C2c1ccc(Cl)c([N+](=O)[O-])c1. The van der Waals surface area contributed by atoms with Crippen LogP contribution in [0.5, 0.6) is 11.5 Å². The quantitative estimate of drug-likeness (QED) is 0.437. The van der Waals surface area contributed by atoms with E-state index in [2.05, 4.69) is 5.32 Å². The fraction of sp³-hybridized carbons (Fsp3) is 0.250. The number of rotatable bonds is 4. The van der Waals surface area contributed by atoms with Gasteiger partial charge in [-0.15, -0.1) is 0 Å². The molecule has 6 nitrogen and oxygen atoms in total. The van der Waals surface area contributed by atoms with Gasteiger partial charge in [0, 0.05) is 12.5 Å². The van der Waals surface area contributed by atoms with Crippen molar-refractivity contribution >= 4 is 40.1 Å². The molecule has 4 rings (SSSR count). The molecule has 0 saturated carbocycles. The minimum Gasteiger partial charge on any atom is -0.493 e. The van der Waals surface area contributed by atoms with E-state index in [1.54, 1.807) is 20.3 Å². The van der Waals surface area contributed by atoms with Crippen LogP contribution >= 0.6 is 23.8 Å². The maximum absolute atomic E-state index is 11.4. The van der Waals surface area contributed by atoms with Gasteiger partial charge in [-0.2, -0.15) is 0 Å². The molecule has 0 spiro atoms. The highest BCUT2D eigenvalue weighted by Crippen LogP contribution is 2.50. The Balaban J connectivity index is 1.96. The Morgan fingerprint density at radius 3 is 2.57 bits per heavy atom. The summed E-state index contributed by atoms with van der Waals surface area (Å²) < 4.78 is 10.9. The molecule has 144 valence electrons. The zero-order chi connectivity index (χ0) is 20.0. The fourth-order valence-corrected chi connectivity index (χ4v) is 4.33. The van der Waals surface area contributed by atoms with Crippen molar-refractivity contribution in [1.82, 2.24) is 5.32 Å². The number of methoxy groups -OCH3 is 2. The van der Waals surface area contributed by atoms with E-state index in [1.165, 1.54) is 6.07 Å². The Bertz CT molecular complexity index is 1050.